The third kappa shape index (κ3) is 4.50. The van der Waals surface area contributed by atoms with E-state index in [2.05, 4.69) is 15.3 Å². The van der Waals surface area contributed by atoms with E-state index >= 15 is 0 Å². The van der Waals surface area contributed by atoms with Gasteiger partial charge in [0.1, 0.15) is 10.0 Å². The number of ether oxygens (including phenoxy) is 2. The van der Waals surface area contributed by atoms with Gasteiger partial charge in [-0.05, 0) is 42.5 Å². The number of nitrogens with zero attached hydrogens (tertiary/aromatic N) is 2. The highest BCUT2D eigenvalue weighted by atomic mass is 32.1. The molecule has 0 spiro atoms. The fourth-order valence-corrected chi connectivity index (χ4v) is 4.38. The Bertz CT molecular complexity index is 1140. The molecule has 8 heteroatoms. The molecule has 2 heterocycles. The number of hydrogen-bond donors (Lipinski definition) is 1. The zero-order chi connectivity index (χ0) is 20.9. The Kier molecular flexibility index (Phi) is 6.06. The van der Waals surface area contributed by atoms with Gasteiger partial charge < -0.3 is 14.8 Å². The second-order valence-electron chi connectivity index (χ2n) is 6.35. The van der Waals surface area contributed by atoms with Gasteiger partial charge in [0.2, 0.25) is 5.91 Å². The summed E-state index contributed by atoms with van der Waals surface area (Å²) in [6.07, 6.45) is 1.98. The Balaban J connectivity index is 1.40. The van der Waals surface area contributed by atoms with Crippen molar-refractivity contribution in [1.82, 2.24) is 9.97 Å². The number of hydrogen-bond acceptors (Lipinski definition) is 7. The molecule has 2 aromatic carbocycles. The van der Waals surface area contributed by atoms with Crippen LogP contribution in [0.25, 0.3) is 21.1 Å². The van der Waals surface area contributed by atoms with Crippen LogP contribution in [0, 0.1) is 0 Å². The van der Waals surface area contributed by atoms with E-state index < -0.39 is 0 Å². The first-order valence-electron chi connectivity index (χ1n) is 9.13. The molecule has 0 fully saturated rings. The summed E-state index contributed by atoms with van der Waals surface area (Å²) in [5.74, 6) is 1.20. The molecule has 1 N–H and O–H groups in total. The maximum absolute atomic E-state index is 12.4. The van der Waals surface area contributed by atoms with E-state index in [1.54, 1.807) is 31.8 Å². The Hall–Kier alpha value is -3.23. The largest absolute Gasteiger partial charge is 0.493 e. The lowest BCUT2D eigenvalue weighted by Gasteiger charge is -2.08. The van der Waals surface area contributed by atoms with Crippen molar-refractivity contribution in [2.45, 2.75) is 6.42 Å². The standard InChI is InChI=1S/C22H19N3O3S2/c1-27-18-8-5-15(11-19(18)28-2)22-25-17(13-30-22)12-20(26)24-16-6-3-14(4-7-16)21-23-9-10-29-21/h3-11,13H,12H2,1-2H3,(H,24,26). The number of amides is 1. The number of anilines is 1. The molecule has 1 amide bonds. The molecule has 0 saturated heterocycles. The summed E-state index contributed by atoms with van der Waals surface area (Å²) in [5, 5.41) is 8.54. The molecule has 0 aliphatic heterocycles. The maximum Gasteiger partial charge on any atom is 0.230 e. The van der Waals surface area contributed by atoms with Crippen molar-refractivity contribution in [3.05, 3.63) is 65.1 Å². The topological polar surface area (TPSA) is 73.3 Å². The molecule has 0 radical (unpaired) electrons. The lowest BCUT2D eigenvalue weighted by molar-refractivity contribution is -0.115. The van der Waals surface area contributed by atoms with E-state index in [1.807, 2.05) is 53.2 Å². The van der Waals surface area contributed by atoms with Crippen molar-refractivity contribution >= 4 is 34.3 Å². The van der Waals surface area contributed by atoms with Crippen molar-refractivity contribution in [2.75, 3.05) is 19.5 Å². The van der Waals surface area contributed by atoms with Gasteiger partial charge in [-0.25, -0.2) is 9.97 Å². The third-order valence-corrected chi connectivity index (χ3v) is 6.13. The number of thiazole rings is 2. The minimum Gasteiger partial charge on any atom is -0.493 e. The molecule has 4 aromatic rings. The average Bonchev–Trinajstić information content (AvgIpc) is 3.46. The van der Waals surface area contributed by atoms with E-state index in [0.29, 0.717) is 11.5 Å². The fraction of sp³-hybridized carbons (Fsp3) is 0.136. The summed E-state index contributed by atoms with van der Waals surface area (Å²) < 4.78 is 10.6. The van der Waals surface area contributed by atoms with E-state index in [1.165, 1.54) is 11.3 Å². The highest BCUT2D eigenvalue weighted by Crippen LogP contribution is 2.33. The zero-order valence-corrected chi connectivity index (χ0v) is 18.0. The zero-order valence-electron chi connectivity index (χ0n) is 16.4. The third-order valence-electron chi connectivity index (χ3n) is 4.37. The molecule has 30 heavy (non-hydrogen) atoms. The highest BCUT2D eigenvalue weighted by molar-refractivity contribution is 7.13. The second-order valence-corrected chi connectivity index (χ2v) is 8.11. The molecule has 0 aliphatic rings. The summed E-state index contributed by atoms with van der Waals surface area (Å²) >= 11 is 3.07. The van der Waals surface area contributed by atoms with E-state index in [9.17, 15) is 4.79 Å². The Morgan fingerprint density at radius 3 is 2.43 bits per heavy atom. The number of aromatic nitrogens is 2. The molecule has 0 aliphatic carbocycles. The lowest BCUT2D eigenvalue weighted by atomic mass is 10.2. The molecule has 4 rings (SSSR count). The summed E-state index contributed by atoms with van der Waals surface area (Å²) in [4.78, 5) is 21.3. The smallest absolute Gasteiger partial charge is 0.230 e. The summed E-state index contributed by atoms with van der Waals surface area (Å²) in [5.41, 5.74) is 3.42. The number of carbonyl (C=O) groups is 1. The van der Waals surface area contributed by atoms with Crippen molar-refractivity contribution in [1.29, 1.82) is 0 Å². The molecular formula is C22H19N3O3S2. The molecule has 0 saturated carbocycles. The van der Waals surface area contributed by atoms with Gasteiger partial charge in [0.25, 0.3) is 0 Å². The SMILES string of the molecule is COc1ccc(-c2nc(CC(=O)Nc3ccc(-c4nccs4)cc3)cs2)cc1OC. The molecule has 0 bridgehead atoms. The van der Waals surface area contributed by atoms with Gasteiger partial charge in [-0.15, -0.1) is 22.7 Å². The predicted molar refractivity (Wildman–Crippen MR) is 121 cm³/mol. The summed E-state index contributed by atoms with van der Waals surface area (Å²) in [6, 6.07) is 13.3. The molecule has 6 nitrogen and oxygen atoms in total. The molecular weight excluding hydrogens is 418 g/mol. The van der Waals surface area contributed by atoms with Crippen LogP contribution in [0.5, 0.6) is 11.5 Å². The number of nitrogens with one attached hydrogen (secondary N) is 1. The first kappa shape index (κ1) is 20.1. The van der Waals surface area contributed by atoms with E-state index in [0.717, 1.165) is 32.5 Å². The number of rotatable bonds is 7. The van der Waals surface area contributed by atoms with Gasteiger partial charge in [0.15, 0.2) is 11.5 Å². The Labute approximate surface area is 182 Å². The van der Waals surface area contributed by atoms with Gasteiger partial charge in [0, 0.05) is 33.8 Å². The number of carbonyl (C=O) groups excluding carboxylic acids is 1. The number of methoxy groups -OCH3 is 2. The van der Waals surface area contributed by atoms with E-state index in [4.69, 9.17) is 9.47 Å². The van der Waals surface area contributed by atoms with Crippen molar-refractivity contribution in [2.24, 2.45) is 0 Å². The van der Waals surface area contributed by atoms with Crippen LogP contribution in [-0.2, 0) is 11.2 Å². The molecule has 0 unspecified atom stereocenters. The summed E-state index contributed by atoms with van der Waals surface area (Å²) in [7, 11) is 3.20. The first-order chi connectivity index (χ1) is 14.7. The van der Waals surface area contributed by atoms with E-state index in [-0.39, 0.29) is 12.3 Å². The van der Waals surface area contributed by atoms with Gasteiger partial charge in [-0.2, -0.15) is 0 Å². The minimum absolute atomic E-state index is 0.110. The first-order valence-corrected chi connectivity index (χ1v) is 10.9. The van der Waals surface area contributed by atoms with Crippen LogP contribution in [0.4, 0.5) is 5.69 Å². The van der Waals surface area contributed by atoms with Crippen LogP contribution >= 0.6 is 22.7 Å². The lowest BCUT2D eigenvalue weighted by Crippen LogP contribution is -2.14. The van der Waals surface area contributed by atoms with Crippen molar-refractivity contribution < 1.29 is 14.3 Å². The molecule has 152 valence electrons. The van der Waals surface area contributed by atoms with Crippen LogP contribution < -0.4 is 14.8 Å². The van der Waals surface area contributed by atoms with Crippen LogP contribution in [0.15, 0.2) is 59.4 Å². The van der Waals surface area contributed by atoms with Crippen LogP contribution in [0.1, 0.15) is 5.69 Å². The Morgan fingerprint density at radius 1 is 0.967 bits per heavy atom. The quantitative estimate of drug-likeness (QED) is 0.434. The normalized spacial score (nSPS) is 10.6. The Morgan fingerprint density at radius 2 is 1.73 bits per heavy atom. The van der Waals surface area contributed by atoms with Crippen molar-refractivity contribution in [3.63, 3.8) is 0 Å². The number of benzene rings is 2. The van der Waals surface area contributed by atoms with Crippen LogP contribution in [0.2, 0.25) is 0 Å². The van der Waals surface area contributed by atoms with Gasteiger partial charge >= 0.3 is 0 Å². The highest BCUT2D eigenvalue weighted by Gasteiger charge is 2.12. The monoisotopic (exact) mass is 437 g/mol. The molecule has 2 aromatic heterocycles. The average molecular weight is 438 g/mol. The predicted octanol–water partition coefficient (Wildman–Crippen LogP) is 5.13. The van der Waals surface area contributed by atoms with Crippen molar-refractivity contribution in [3.8, 4) is 32.6 Å². The second kappa shape index (κ2) is 9.06. The summed E-state index contributed by atoms with van der Waals surface area (Å²) in [6.45, 7) is 0. The van der Waals surface area contributed by atoms with Crippen LogP contribution in [-0.4, -0.2) is 30.1 Å². The van der Waals surface area contributed by atoms with Crippen LogP contribution in [0.3, 0.4) is 0 Å². The van der Waals surface area contributed by atoms with Gasteiger partial charge in [-0.3, -0.25) is 4.79 Å². The van der Waals surface area contributed by atoms with Gasteiger partial charge in [-0.1, -0.05) is 0 Å². The minimum atomic E-state index is -0.110. The molecule has 0 atom stereocenters. The maximum atomic E-state index is 12.4. The fourth-order valence-electron chi connectivity index (χ4n) is 2.92. The van der Waals surface area contributed by atoms with Gasteiger partial charge in [0.05, 0.1) is 26.3 Å².